The van der Waals surface area contributed by atoms with Gasteiger partial charge in [-0.1, -0.05) is 19.4 Å². The lowest BCUT2D eigenvalue weighted by Crippen LogP contribution is -2.35. The van der Waals surface area contributed by atoms with Crippen LogP contribution in [-0.4, -0.2) is 22.5 Å². The summed E-state index contributed by atoms with van der Waals surface area (Å²) in [4.78, 5) is 7.16. The third-order valence-corrected chi connectivity index (χ3v) is 5.26. The van der Waals surface area contributed by atoms with Crippen LogP contribution in [-0.2, 0) is 5.88 Å². The molecule has 21 heavy (non-hydrogen) atoms. The van der Waals surface area contributed by atoms with Gasteiger partial charge in [-0.3, -0.25) is 0 Å². The Morgan fingerprint density at radius 3 is 2.71 bits per heavy atom. The Bertz CT molecular complexity index is 599. The summed E-state index contributed by atoms with van der Waals surface area (Å²) in [7, 11) is 2.18. The first-order valence-electron chi connectivity index (χ1n) is 7.99. The van der Waals surface area contributed by atoms with E-state index in [1.54, 1.807) is 0 Å². The molecule has 3 rings (SSSR count). The van der Waals surface area contributed by atoms with E-state index in [4.69, 9.17) is 16.6 Å². The smallest absolute Gasteiger partial charge is 0.152 e. The van der Waals surface area contributed by atoms with Crippen LogP contribution in [0.25, 0.3) is 5.65 Å². The molecule has 114 valence electrons. The number of nitrogens with zero attached hydrogens (tertiary/aromatic N) is 3. The highest BCUT2D eigenvalue weighted by atomic mass is 35.5. The molecule has 0 N–H and O–H groups in total. The molecule has 1 fully saturated rings. The topological polar surface area (TPSA) is 20.5 Å². The molecule has 0 spiro atoms. The van der Waals surface area contributed by atoms with Gasteiger partial charge in [0.2, 0.25) is 0 Å². The number of anilines is 1. The summed E-state index contributed by atoms with van der Waals surface area (Å²) in [6.07, 6.45) is 8.59. The average Bonchev–Trinajstić information content (AvgIpc) is 2.92. The van der Waals surface area contributed by atoms with Gasteiger partial charge in [0.15, 0.2) is 5.82 Å². The summed E-state index contributed by atoms with van der Waals surface area (Å²) in [6.45, 7) is 2.31. The predicted molar refractivity (Wildman–Crippen MR) is 89.2 cm³/mol. The first-order valence-corrected chi connectivity index (χ1v) is 8.52. The van der Waals surface area contributed by atoms with E-state index in [-0.39, 0.29) is 0 Å². The Kier molecular flexibility index (Phi) is 4.39. The van der Waals surface area contributed by atoms with Gasteiger partial charge in [-0.25, -0.2) is 4.98 Å². The van der Waals surface area contributed by atoms with Gasteiger partial charge < -0.3 is 9.30 Å². The van der Waals surface area contributed by atoms with E-state index in [0.29, 0.717) is 11.9 Å². The molecule has 0 atom stereocenters. The summed E-state index contributed by atoms with van der Waals surface area (Å²) in [5.41, 5.74) is 2.09. The van der Waals surface area contributed by atoms with E-state index in [1.165, 1.54) is 32.1 Å². The number of pyridine rings is 1. The van der Waals surface area contributed by atoms with Gasteiger partial charge in [-0.05, 0) is 43.7 Å². The van der Waals surface area contributed by atoms with Crippen molar-refractivity contribution in [3.8, 4) is 0 Å². The molecule has 0 radical (unpaired) electrons. The molecule has 0 bridgehead atoms. The Hall–Kier alpha value is -1.22. The van der Waals surface area contributed by atoms with Crippen LogP contribution < -0.4 is 4.90 Å². The lowest BCUT2D eigenvalue weighted by molar-refractivity contribution is 0.313. The Labute approximate surface area is 131 Å². The normalized spacial score (nSPS) is 22.6. The molecule has 0 unspecified atom stereocenters. The number of hydrogen-bond donors (Lipinski definition) is 0. The summed E-state index contributed by atoms with van der Waals surface area (Å²) < 4.78 is 2.11. The van der Waals surface area contributed by atoms with Crippen LogP contribution >= 0.6 is 11.6 Å². The third kappa shape index (κ3) is 2.76. The largest absolute Gasteiger partial charge is 0.355 e. The van der Waals surface area contributed by atoms with Crippen LogP contribution in [0.1, 0.15) is 44.7 Å². The van der Waals surface area contributed by atoms with Gasteiger partial charge in [0.25, 0.3) is 0 Å². The number of rotatable bonds is 4. The lowest BCUT2D eigenvalue weighted by Gasteiger charge is -2.35. The molecule has 1 aliphatic rings. The van der Waals surface area contributed by atoms with Crippen LogP contribution in [0, 0.1) is 5.92 Å². The molecule has 1 aliphatic carbocycles. The van der Waals surface area contributed by atoms with Gasteiger partial charge in [-0.15, -0.1) is 11.6 Å². The first kappa shape index (κ1) is 14.7. The Morgan fingerprint density at radius 2 is 2.05 bits per heavy atom. The Morgan fingerprint density at radius 1 is 1.29 bits per heavy atom. The van der Waals surface area contributed by atoms with E-state index in [2.05, 4.69) is 23.3 Å². The second kappa shape index (κ2) is 6.27. The van der Waals surface area contributed by atoms with Crippen molar-refractivity contribution in [2.24, 2.45) is 5.92 Å². The van der Waals surface area contributed by atoms with E-state index in [0.717, 1.165) is 23.1 Å². The first-order chi connectivity index (χ1) is 10.2. The summed E-state index contributed by atoms with van der Waals surface area (Å²) >= 11 is 6.19. The minimum atomic E-state index is 0.495. The number of aromatic nitrogens is 2. The number of fused-ring (bicyclic) bond motifs is 1. The second-order valence-corrected chi connectivity index (χ2v) is 6.41. The van der Waals surface area contributed by atoms with E-state index < -0.39 is 0 Å². The maximum Gasteiger partial charge on any atom is 0.152 e. The van der Waals surface area contributed by atoms with E-state index in [9.17, 15) is 0 Å². The quantitative estimate of drug-likeness (QED) is 0.776. The summed E-state index contributed by atoms with van der Waals surface area (Å²) in [6, 6.07) is 6.69. The highest BCUT2D eigenvalue weighted by Gasteiger charge is 2.26. The fourth-order valence-corrected chi connectivity index (χ4v) is 3.80. The molecule has 1 saturated carbocycles. The summed E-state index contributed by atoms with van der Waals surface area (Å²) in [5.74, 6) is 2.47. The van der Waals surface area contributed by atoms with E-state index in [1.807, 2.05) is 24.4 Å². The maximum atomic E-state index is 6.19. The van der Waals surface area contributed by atoms with Crippen LogP contribution in [0.3, 0.4) is 0 Å². The molecule has 4 heteroatoms. The van der Waals surface area contributed by atoms with Gasteiger partial charge in [0, 0.05) is 19.3 Å². The molecule has 3 nitrogen and oxygen atoms in total. The van der Waals surface area contributed by atoms with Crippen LogP contribution in [0.2, 0.25) is 0 Å². The fraction of sp³-hybridized carbons (Fsp3) is 0.588. The van der Waals surface area contributed by atoms with E-state index >= 15 is 0 Å². The molecule has 0 saturated heterocycles. The number of imidazole rings is 1. The molecule has 2 aromatic heterocycles. The number of hydrogen-bond acceptors (Lipinski definition) is 2. The zero-order valence-electron chi connectivity index (χ0n) is 12.9. The highest BCUT2D eigenvalue weighted by molar-refractivity contribution is 6.17. The van der Waals surface area contributed by atoms with Gasteiger partial charge in [0.1, 0.15) is 5.65 Å². The van der Waals surface area contributed by atoms with Crippen LogP contribution in [0.4, 0.5) is 5.82 Å². The minimum absolute atomic E-state index is 0.495. The minimum Gasteiger partial charge on any atom is -0.355 e. The molecular formula is C17H24ClN3. The third-order valence-electron chi connectivity index (χ3n) is 5.01. The highest BCUT2D eigenvalue weighted by Crippen LogP contribution is 2.32. The van der Waals surface area contributed by atoms with Crippen molar-refractivity contribution in [3.63, 3.8) is 0 Å². The molecular weight excluding hydrogens is 282 g/mol. The number of halogens is 1. The molecule has 2 aromatic rings. The fourth-order valence-electron chi connectivity index (χ4n) is 3.55. The van der Waals surface area contributed by atoms with Gasteiger partial charge in [-0.2, -0.15) is 0 Å². The average molecular weight is 306 g/mol. The van der Waals surface area contributed by atoms with Crippen molar-refractivity contribution in [3.05, 3.63) is 30.1 Å². The molecule has 0 aliphatic heterocycles. The van der Waals surface area contributed by atoms with Crippen LogP contribution in [0.5, 0.6) is 0 Å². The van der Waals surface area contributed by atoms with Crippen molar-refractivity contribution in [1.82, 2.24) is 9.38 Å². The standard InChI is InChI=1S/C17H24ClN3/c1-3-13-7-9-14(10-8-13)20(2)17-15(12-18)21-11-5-4-6-16(21)19-17/h4-6,11,13-14H,3,7-10,12H2,1-2H3. The van der Waals surface area contributed by atoms with Gasteiger partial charge in [0.05, 0.1) is 11.6 Å². The second-order valence-electron chi connectivity index (χ2n) is 6.14. The zero-order chi connectivity index (χ0) is 14.8. The van der Waals surface area contributed by atoms with Crippen molar-refractivity contribution in [2.45, 2.75) is 50.9 Å². The summed E-state index contributed by atoms with van der Waals surface area (Å²) in [5, 5.41) is 0. The SMILES string of the molecule is CCC1CCC(N(C)c2nc3ccccn3c2CCl)CC1. The molecule has 2 heterocycles. The van der Waals surface area contributed by atoms with Crippen molar-refractivity contribution < 1.29 is 0 Å². The predicted octanol–water partition coefficient (Wildman–Crippen LogP) is 4.48. The zero-order valence-corrected chi connectivity index (χ0v) is 13.7. The number of alkyl halides is 1. The van der Waals surface area contributed by atoms with Crippen molar-refractivity contribution >= 4 is 23.1 Å². The van der Waals surface area contributed by atoms with Gasteiger partial charge >= 0.3 is 0 Å². The van der Waals surface area contributed by atoms with Crippen molar-refractivity contribution in [2.75, 3.05) is 11.9 Å². The van der Waals surface area contributed by atoms with Crippen LogP contribution in [0.15, 0.2) is 24.4 Å². The molecule has 0 aromatic carbocycles. The molecule has 0 amide bonds. The monoisotopic (exact) mass is 305 g/mol. The lowest BCUT2D eigenvalue weighted by atomic mass is 9.84. The Balaban J connectivity index is 1.86. The maximum absolute atomic E-state index is 6.19. The van der Waals surface area contributed by atoms with Crippen molar-refractivity contribution in [1.29, 1.82) is 0 Å².